The summed E-state index contributed by atoms with van der Waals surface area (Å²) in [6, 6.07) is 15.9. The van der Waals surface area contributed by atoms with Crippen molar-refractivity contribution in [2.24, 2.45) is 0 Å². The standard InChI is InChI=1S/C27H26N4O7S2/c1-17-4-6-18(7-5-17)15-39-24-10-8-19(13-22(24)30(34)35)26(32)28-29-27(33)20-9-11-25(23(14-20)31(36)37)40-16-21-3-2-12-38-21/h4-11,13-14,21H,2-3,12,15-16H2,1H3,(H,28,32)(H,29,33)/t21-/m1/s1. The van der Waals surface area contributed by atoms with Gasteiger partial charge in [0, 0.05) is 41.4 Å². The van der Waals surface area contributed by atoms with E-state index in [9.17, 15) is 29.8 Å². The number of nitrogens with one attached hydrogen (secondary N) is 2. The minimum absolute atomic E-state index is 0.0256. The smallest absolute Gasteiger partial charge is 0.283 e. The van der Waals surface area contributed by atoms with Gasteiger partial charge in [-0.3, -0.25) is 40.7 Å². The maximum absolute atomic E-state index is 12.6. The summed E-state index contributed by atoms with van der Waals surface area (Å²) in [6.45, 7) is 2.66. The molecule has 0 unspecified atom stereocenters. The lowest BCUT2D eigenvalue weighted by Gasteiger charge is -2.11. The lowest BCUT2D eigenvalue weighted by atomic mass is 10.2. The molecule has 0 radical (unpaired) electrons. The molecule has 0 aromatic heterocycles. The van der Waals surface area contributed by atoms with Crippen LogP contribution in [0.5, 0.6) is 0 Å². The van der Waals surface area contributed by atoms with Crippen molar-refractivity contribution in [3.63, 3.8) is 0 Å². The number of ether oxygens (including phenoxy) is 1. The first-order valence-electron chi connectivity index (χ1n) is 12.3. The van der Waals surface area contributed by atoms with Crippen LogP contribution >= 0.6 is 23.5 Å². The molecule has 1 fully saturated rings. The zero-order valence-corrected chi connectivity index (χ0v) is 23.1. The highest BCUT2D eigenvalue weighted by atomic mass is 32.2. The molecule has 0 saturated carbocycles. The predicted octanol–water partition coefficient (Wildman–Crippen LogP) is 5.45. The van der Waals surface area contributed by atoms with Gasteiger partial charge >= 0.3 is 0 Å². The predicted molar refractivity (Wildman–Crippen MR) is 152 cm³/mol. The normalized spacial score (nSPS) is 14.5. The molecule has 2 amide bonds. The van der Waals surface area contributed by atoms with Crippen LogP contribution in [0, 0.1) is 27.2 Å². The zero-order valence-electron chi connectivity index (χ0n) is 21.5. The van der Waals surface area contributed by atoms with Crippen molar-refractivity contribution in [2.75, 3.05) is 12.4 Å². The van der Waals surface area contributed by atoms with Crippen LogP contribution in [0.3, 0.4) is 0 Å². The quantitative estimate of drug-likeness (QED) is 0.180. The van der Waals surface area contributed by atoms with Gasteiger partial charge in [-0.1, -0.05) is 29.8 Å². The molecule has 40 heavy (non-hydrogen) atoms. The second-order valence-corrected chi connectivity index (χ2v) is 11.1. The second kappa shape index (κ2) is 13.4. The number of hydrazine groups is 1. The van der Waals surface area contributed by atoms with Gasteiger partial charge in [0.25, 0.3) is 23.2 Å². The second-order valence-electron chi connectivity index (χ2n) is 9.01. The number of amides is 2. The number of hydrogen-bond acceptors (Lipinski definition) is 9. The lowest BCUT2D eigenvalue weighted by Crippen LogP contribution is -2.41. The van der Waals surface area contributed by atoms with Gasteiger partial charge in [-0.2, -0.15) is 0 Å². The Morgan fingerprint density at radius 1 is 0.875 bits per heavy atom. The molecule has 1 heterocycles. The Morgan fingerprint density at radius 2 is 1.43 bits per heavy atom. The van der Waals surface area contributed by atoms with Gasteiger partial charge in [0.05, 0.1) is 25.7 Å². The topological polar surface area (TPSA) is 154 Å². The Labute approximate surface area is 238 Å². The third-order valence-electron chi connectivity index (χ3n) is 6.09. The van der Waals surface area contributed by atoms with Crippen LogP contribution in [0.15, 0.2) is 70.5 Å². The molecule has 11 nitrogen and oxygen atoms in total. The first-order chi connectivity index (χ1) is 19.2. The molecule has 1 aliphatic rings. The van der Waals surface area contributed by atoms with Gasteiger partial charge in [-0.15, -0.1) is 23.5 Å². The van der Waals surface area contributed by atoms with Crippen LogP contribution in [0.4, 0.5) is 11.4 Å². The number of carbonyl (C=O) groups excluding carboxylic acids is 2. The van der Waals surface area contributed by atoms with E-state index in [1.165, 1.54) is 47.8 Å². The highest BCUT2D eigenvalue weighted by molar-refractivity contribution is 7.99. The first-order valence-corrected chi connectivity index (χ1v) is 14.3. The third-order valence-corrected chi connectivity index (χ3v) is 8.42. The molecule has 1 saturated heterocycles. The van der Waals surface area contributed by atoms with Gasteiger partial charge in [-0.05, 0) is 49.6 Å². The highest BCUT2D eigenvalue weighted by Gasteiger charge is 2.22. The van der Waals surface area contributed by atoms with Crippen LogP contribution in [0.2, 0.25) is 0 Å². The fraction of sp³-hybridized carbons (Fsp3) is 0.259. The van der Waals surface area contributed by atoms with E-state index in [1.54, 1.807) is 0 Å². The van der Waals surface area contributed by atoms with Crippen LogP contribution in [0.25, 0.3) is 0 Å². The number of rotatable bonds is 10. The molecule has 0 spiro atoms. The van der Waals surface area contributed by atoms with Crippen molar-refractivity contribution in [1.29, 1.82) is 0 Å². The summed E-state index contributed by atoms with van der Waals surface area (Å²) in [6.07, 6.45) is 1.90. The summed E-state index contributed by atoms with van der Waals surface area (Å²) in [7, 11) is 0. The van der Waals surface area contributed by atoms with Gasteiger partial charge in [0.15, 0.2) is 0 Å². The molecule has 0 bridgehead atoms. The van der Waals surface area contributed by atoms with E-state index >= 15 is 0 Å². The molecule has 3 aromatic carbocycles. The first kappa shape index (κ1) is 29.1. The van der Waals surface area contributed by atoms with Gasteiger partial charge in [0.1, 0.15) is 0 Å². The number of nitrogens with zero attached hydrogens (tertiary/aromatic N) is 2. The average molecular weight is 583 g/mol. The Kier molecular flexibility index (Phi) is 9.74. The number of nitro groups is 2. The van der Waals surface area contributed by atoms with Crippen molar-refractivity contribution >= 4 is 46.7 Å². The molecular weight excluding hydrogens is 556 g/mol. The Bertz CT molecular complexity index is 1430. The number of nitro benzene ring substituents is 2. The number of hydrogen-bond donors (Lipinski definition) is 2. The van der Waals surface area contributed by atoms with Gasteiger partial charge < -0.3 is 4.74 Å². The Morgan fingerprint density at radius 3 is 1.93 bits per heavy atom. The van der Waals surface area contributed by atoms with Crippen LogP contribution in [-0.4, -0.2) is 40.1 Å². The van der Waals surface area contributed by atoms with Crippen molar-refractivity contribution in [2.45, 2.75) is 41.4 Å². The molecule has 4 rings (SSSR count). The lowest BCUT2D eigenvalue weighted by molar-refractivity contribution is -0.387. The van der Waals surface area contributed by atoms with E-state index in [4.69, 9.17) is 4.74 Å². The Hall–Kier alpha value is -3.94. The van der Waals surface area contributed by atoms with Crippen LogP contribution in [0.1, 0.15) is 44.7 Å². The fourth-order valence-corrected chi connectivity index (χ4v) is 5.94. The summed E-state index contributed by atoms with van der Waals surface area (Å²) in [4.78, 5) is 48.2. The van der Waals surface area contributed by atoms with E-state index in [1.807, 2.05) is 31.2 Å². The molecule has 13 heteroatoms. The molecule has 1 atom stereocenters. The molecule has 208 valence electrons. The monoisotopic (exact) mass is 582 g/mol. The summed E-state index contributed by atoms with van der Waals surface area (Å²) >= 11 is 2.57. The molecule has 1 aliphatic heterocycles. The molecule has 3 aromatic rings. The molecular formula is C27H26N4O7S2. The summed E-state index contributed by atoms with van der Waals surface area (Å²) in [5.74, 6) is -0.463. The van der Waals surface area contributed by atoms with E-state index in [0.29, 0.717) is 27.9 Å². The van der Waals surface area contributed by atoms with Crippen molar-refractivity contribution in [1.82, 2.24) is 10.9 Å². The zero-order chi connectivity index (χ0) is 28.6. The third kappa shape index (κ3) is 7.58. The largest absolute Gasteiger partial charge is 0.377 e. The van der Waals surface area contributed by atoms with E-state index < -0.39 is 21.7 Å². The van der Waals surface area contributed by atoms with E-state index in [2.05, 4.69) is 10.9 Å². The fourth-order valence-electron chi connectivity index (χ4n) is 3.91. The summed E-state index contributed by atoms with van der Waals surface area (Å²) in [5, 5.41) is 23.3. The number of carbonyl (C=O) groups is 2. The van der Waals surface area contributed by atoms with Crippen molar-refractivity contribution < 1.29 is 24.2 Å². The minimum Gasteiger partial charge on any atom is -0.377 e. The van der Waals surface area contributed by atoms with E-state index in [0.717, 1.165) is 36.1 Å². The van der Waals surface area contributed by atoms with Gasteiger partial charge in [-0.25, -0.2) is 0 Å². The summed E-state index contributed by atoms with van der Waals surface area (Å²) in [5.41, 5.74) is 6.03. The summed E-state index contributed by atoms with van der Waals surface area (Å²) < 4.78 is 5.56. The molecule has 2 N–H and O–H groups in total. The maximum atomic E-state index is 12.6. The van der Waals surface area contributed by atoms with Crippen LogP contribution < -0.4 is 10.9 Å². The van der Waals surface area contributed by atoms with Crippen molar-refractivity contribution in [3.8, 4) is 0 Å². The number of aryl methyl sites for hydroxylation is 1. The number of thioether (sulfide) groups is 2. The number of benzene rings is 3. The van der Waals surface area contributed by atoms with Crippen molar-refractivity contribution in [3.05, 3.63) is 103 Å². The van der Waals surface area contributed by atoms with Gasteiger partial charge in [0.2, 0.25) is 0 Å². The average Bonchev–Trinajstić information content (AvgIpc) is 3.48. The highest BCUT2D eigenvalue weighted by Crippen LogP contribution is 2.33. The van der Waals surface area contributed by atoms with E-state index in [-0.39, 0.29) is 28.6 Å². The maximum Gasteiger partial charge on any atom is 0.283 e. The SMILES string of the molecule is Cc1ccc(CSc2ccc(C(=O)NNC(=O)c3ccc(SC[C@H]4CCCO4)c([N+](=O)[O-])c3)cc2[N+](=O)[O-])cc1. The molecule has 0 aliphatic carbocycles. The van der Waals surface area contributed by atoms with Crippen LogP contribution in [-0.2, 0) is 10.5 Å². The Balaban J connectivity index is 1.38. The minimum atomic E-state index is -0.773.